The fourth-order valence-corrected chi connectivity index (χ4v) is 1.01. The largest absolute Gasteiger partial charge is 0.495 e. The highest BCUT2D eigenvalue weighted by molar-refractivity contribution is 5.56. The fraction of sp³-hybridized carbons (Fsp3) is 0.333. The van der Waals surface area contributed by atoms with Crippen LogP contribution in [0.1, 0.15) is 0 Å². The Morgan fingerprint density at radius 2 is 2.00 bits per heavy atom. The lowest BCUT2D eigenvalue weighted by molar-refractivity contribution is -0.115. The summed E-state index contributed by atoms with van der Waals surface area (Å²) in [5, 5.41) is 2.05. The Labute approximate surface area is 83.9 Å². The first-order valence-electron chi connectivity index (χ1n) is 4.06. The molecule has 1 aromatic rings. The van der Waals surface area contributed by atoms with Gasteiger partial charge in [-0.2, -0.15) is 13.2 Å². The van der Waals surface area contributed by atoms with Gasteiger partial charge < -0.3 is 10.1 Å². The minimum atomic E-state index is -4.35. The quantitative estimate of drug-likeness (QED) is 0.795. The van der Waals surface area contributed by atoms with Crippen LogP contribution in [0.15, 0.2) is 18.2 Å². The van der Waals surface area contributed by atoms with Crippen LogP contribution in [-0.4, -0.2) is 19.8 Å². The Morgan fingerprint density at radius 1 is 1.33 bits per heavy atom. The summed E-state index contributed by atoms with van der Waals surface area (Å²) < 4.78 is 53.1. The van der Waals surface area contributed by atoms with Crippen LogP contribution in [0.2, 0.25) is 0 Å². The molecular formula is C9H9F4NO. The number of benzene rings is 1. The van der Waals surface area contributed by atoms with E-state index in [4.69, 9.17) is 4.74 Å². The van der Waals surface area contributed by atoms with Crippen LogP contribution in [0.5, 0.6) is 5.75 Å². The number of halogens is 4. The van der Waals surface area contributed by atoms with Gasteiger partial charge in [-0.15, -0.1) is 0 Å². The molecule has 0 radical (unpaired) electrons. The number of methoxy groups -OCH3 is 1. The van der Waals surface area contributed by atoms with E-state index in [9.17, 15) is 17.6 Å². The Balaban J connectivity index is 2.79. The van der Waals surface area contributed by atoms with Crippen LogP contribution in [-0.2, 0) is 0 Å². The van der Waals surface area contributed by atoms with Gasteiger partial charge in [-0.25, -0.2) is 4.39 Å². The van der Waals surface area contributed by atoms with Crippen LogP contribution in [0.25, 0.3) is 0 Å². The van der Waals surface area contributed by atoms with Gasteiger partial charge in [-0.1, -0.05) is 0 Å². The van der Waals surface area contributed by atoms with Crippen molar-refractivity contribution in [2.24, 2.45) is 0 Å². The van der Waals surface area contributed by atoms with Gasteiger partial charge in [0.25, 0.3) is 0 Å². The number of hydrogen-bond donors (Lipinski definition) is 1. The Hall–Kier alpha value is -1.46. The molecule has 0 amide bonds. The third-order valence-corrected chi connectivity index (χ3v) is 1.64. The lowest BCUT2D eigenvalue weighted by Crippen LogP contribution is -2.21. The van der Waals surface area contributed by atoms with E-state index < -0.39 is 18.5 Å². The van der Waals surface area contributed by atoms with Gasteiger partial charge in [-0.05, 0) is 12.1 Å². The molecule has 0 aliphatic carbocycles. The van der Waals surface area contributed by atoms with Crippen LogP contribution >= 0.6 is 0 Å². The molecule has 1 N–H and O–H groups in total. The van der Waals surface area contributed by atoms with Gasteiger partial charge in [-0.3, -0.25) is 0 Å². The number of ether oxygens (including phenoxy) is 1. The summed E-state index contributed by atoms with van der Waals surface area (Å²) in [6.07, 6.45) is -4.35. The summed E-state index contributed by atoms with van der Waals surface area (Å²) >= 11 is 0. The van der Waals surface area contributed by atoms with E-state index in [1.165, 1.54) is 13.2 Å². The molecule has 6 heteroatoms. The molecule has 0 fully saturated rings. The highest BCUT2D eigenvalue weighted by Crippen LogP contribution is 2.26. The summed E-state index contributed by atoms with van der Waals surface area (Å²) in [6.45, 7) is -1.23. The minimum absolute atomic E-state index is 0.0187. The molecule has 2 nitrogen and oxygen atoms in total. The molecule has 84 valence electrons. The molecule has 1 aromatic carbocycles. The van der Waals surface area contributed by atoms with Crippen molar-refractivity contribution in [2.75, 3.05) is 19.0 Å². The average molecular weight is 223 g/mol. The molecule has 0 aliphatic rings. The van der Waals surface area contributed by atoms with Crippen molar-refractivity contribution in [3.63, 3.8) is 0 Å². The highest BCUT2D eigenvalue weighted by Gasteiger charge is 2.27. The molecule has 0 aromatic heterocycles. The van der Waals surface area contributed by atoms with Crippen molar-refractivity contribution in [1.29, 1.82) is 0 Å². The number of rotatable bonds is 3. The van der Waals surface area contributed by atoms with Gasteiger partial charge in [0.05, 0.1) is 12.8 Å². The van der Waals surface area contributed by atoms with Crippen LogP contribution < -0.4 is 10.1 Å². The number of anilines is 1. The average Bonchev–Trinajstić information content (AvgIpc) is 2.14. The van der Waals surface area contributed by atoms with Crippen molar-refractivity contribution < 1.29 is 22.3 Å². The van der Waals surface area contributed by atoms with Crippen molar-refractivity contribution in [3.8, 4) is 5.75 Å². The topological polar surface area (TPSA) is 21.3 Å². The highest BCUT2D eigenvalue weighted by atomic mass is 19.4. The summed E-state index contributed by atoms with van der Waals surface area (Å²) in [7, 11) is 1.30. The van der Waals surface area contributed by atoms with E-state index in [1.54, 1.807) is 0 Å². The second kappa shape index (κ2) is 4.37. The molecule has 0 saturated heterocycles. The van der Waals surface area contributed by atoms with E-state index in [2.05, 4.69) is 5.32 Å². The summed E-state index contributed by atoms with van der Waals surface area (Å²) in [6, 6.07) is 3.32. The first kappa shape index (κ1) is 11.6. The Bertz CT molecular complexity index is 337. The standard InChI is InChI=1S/C9H9F4NO/c1-15-8-3-2-6(10)4-7(8)14-5-9(11,12)13/h2-4,14H,5H2,1H3. The molecule has 15 heavy (non-hydrogen) atoms. The lowest BCUT2D eigenvalue weighted by atomic mass is 10.3. The lowest BCUT2D eigenvalue weighted by Gasteiger charge is -2.12. The first-order chi connectivity index (χ1) is 6.92. The van der Waals surface area contributed by atoms with E-state index in [0.717, 1.165) is 12.1 Å². The molecule has 0 spiro atoms. The molecule has 1 rings (SSSR count). The summed E-state index contributed by atoms with van der Waals surface area (Å²) in [5.74, 6) is -0.457. The molecular weight excluding hydrogens is 214 g/mol. The number of alkyl halides is 3. The van der Waals surface area contributed by atoms with Crippen LogP contribution in [0.3, 0.4) is 0 Å². The number of hydrogen-bond acceptors (Lipinski definition) is 2. The zero-order valence-electron chi connectivity index (χ0n) is 7.86. The summed E-state index contributed by atoms with van der Waals surface area (Å²) in [5.41, 5.74) is -0.0187. The third-order valence-electron chi connectivity index (χ3n) is 1.64. The zero-order chi connectivity index (χ0) is 11.5. The minimum Gasteiger partial charge on any atom is -0.495 e. The van der Waals surface area contributed by atoms with Gasteiger partial charge in [0.15, 0.2) is 0 Å². The van der Waals surface area contributed by atoms with Crippen molar-refractivity contribution >= 4 is 5.69 Å². The molecule has 0 unspecified atom stereocenters. The molecule has 0 heterocycles. The number of nitrogens with one attached hydrogen (secondary N) is 1. The normalized spacial score (nSPS) is 11.3. The second-order valence-electron chi connectivity index (χ2n) is 2.81. The monoisotopic (exact) mass is 223 g/mol. The van der Waals surface area contributed by atoms with Crippen LogP contribution in [0, 0.1) is 5.82 Å². The smallest absolute Gasteiger partial charge is 0.405 e. The maximum absolute atomic E-state index is 12.7. The van der Waals surface area contributed by atoms with Gasteiger partial charge in [0.2, 0.25) is 0 Å². The van der Waals surface area contributed by atoms with Gasteiger partial charge in [0, 0.05) is 6.07 Å². The Morgan fingerprint density at radius 3 is 2.53 bits per heavy atom. The predicted molar refractivity (Wildman–Crippen MR) is 47.5 cm³/mol. The van der Waals surface area contributed by atoms with E-state index in [-0.39, 0.29) is 11.4 Å². The first-order valence-corrected chi connectivity index (χ1v) is 4.06. The van der Waals surface area contributed by atoms with E-state index in [0.29, 0.717) is 0 Å². The van der Waals surface area contributed by atoms with E-state index >= 15 is 0 Å². The fourth-order valence-electron chi connectivity index (χ4n) is 1.01. The predicted octanol–water partition coefficient (Wildman–Crippen LogP) is 2.81. The Kier molecular flexibility index (Phi) is 3.39. The van der Waals surface area contributed by atoms with Gasteiger partial charge >= 0.3 is 6.18 Å². The maximum Gasteiger partial charge on any atom is 0.405 e. The zero-order valence-corrected chi connectivity index (χ0v) is 7.86. The van der Waals surface area contributed by atoms with E-state index in [1.807, 2.05) is 0 Å². The third kappa shape index (κ3) is 3.65. The molecule has 0 saturated carbocycles. The summed E-state index contributed by atoms with van der Waals surface area (Å²) in [4.78, 5) is 0. The van der Waals surface area contributed by atoms with Crippen LogP contribution in [0.4, 0.5) is 23.2 Å². The van der Waals surface area contributed by atoms with Crippen molar-refractivity contribution in [3.05, 3.63) is 24.0 Å². The molecule has 0 atom stereocenters. The maximum atomic E-state index is 12.7. The second-order valence-corrected chi connectivity index (χ2v) is 2.81. The molecule has 0 aliphatic heterocycles. The molecule has 0 bridgehead atoms. The SMILES string of the molecule is COc1ccc(F)cc1NCC(F)(F)F. The van der Waals surface area contributed by atoms with Crippen molar-refractivity contribution in [2.45, 2.75) is 6.18 Å². The van der Waals surface area contributed by atoms with Crippen molar-refractivity contribution in [1.82, 2.24) is 0 Å². The van der Waals surface area contributed by atoms with Gasteiger partial charge in [0.1, 0.15) is 18.1 Å².